The molecule has 0 aliphatic heterocycles. The lowest BCUT2D eigenvalue weighted by atomic mass is 9.61. The fraction of sp³-hybridized carbons (Fsp3) is 0.500. The van der Waals surface area contributed by atoms with Crippen molar-refractivity contribution in [3.05, 3.63) is 35.1 Å². The molecule has 1 aromatic carbocycles. The average molecular weight is 327 g/mol. The summed E-state index contributed by atoms with van der Waals surface area (Å²) in [5.41, 5.74) is -0.116. The van der Waals surface area contributed by atoms with Gasteiger partial charge in [-0.15, -0.1) is 0 Å². The molecule has 1 aromatic rings. The number of methoxy groups -OCH3 is 2. The standard InChI is InChI=1S/C14H17FN2O4S/c1-20-14(21-2)7-13(8-14,9-16)11-4-3-10(12(15)5-11)6-17-22(18)19/h3-5,17H,6-8H2,1-2H3,(H,18,19)/p-1. The third-order valence-electron chi connectivity index (χ3n) is 4.09. The van der Waals surface area contributed by atoms with Crippen molar-refractivity contribution < 1.29 is 22.6 Å². The van der Waals surface area contributed by atoms with Crippen molar-refractivity contribution in [2.24, 2.45) is 0 Å². The Balaban J connectivity index is 2.21. The van der Waals surface area contributed by atoms with Crippen LogP contribution in [0.1, 0.15) is 24.0 Å². The van der Waals surface area contributed by atoms with Crippen LogP contribution >= 0.6 is 0 Å². The molecule has 1 fully saturated rings. The van der Waals surface area contributed by atoms with Crippen LogP contribution in [0.15, 0.2) is 18.2 Å². The van der Waals surface area contributed by atoms with E-state index in [1.54, 1.807) is 6.07 Å². The average Bonchev–Trinajstić information content (AvgIpc) is 2.47. The fourth-order valence-corrected chi connectivity index (χ4v) is 2.99. The Hall–Kier alpha value is -1.37. The molecule has 0 amide bonds. The second-order valence-corrected chi connectivity index (χ2v) is 5.99. The fourth-order valence-electron chi connectivity index (χ4n) is 2.71. The third-order valence-corrected chi connectivity index (χ3v) is 4.47. The molecule has 0 aromatic heterocycles. The first-order valence-electron chi connectivity index (χ1n) is 6.53. The zero-order valence-corrected chi connectivity index (χ0v) is 13.0. The number of nitrogens with zero attached hydrogens (tertiary/aromatic N) is 1. The van der Waals surface area contributed by atoms with Crippen LogP contribution < -0.4 is 4.72 Å². The molecule has 1 atom stereocenters. The maximum Gasteiger partial charge on any atom is 0.171 e. The van der Waals surface area contributed by atoms with E-state index < -0.39 is 28.3 Å². The molecule has 120 valence electrons. The maximum absolute atomic E-state index is 14.1. The van der Waals surface area contributed by atoms with E-state index in [-0.39, 0.29) is 12.1 Å². The number of nitrogens with one attached hydrogen (secondary N) is 1. The quantitative estimate of drug-likeness (QED) is 0.627. The molecule has 0 bridgehead atoms. The molecule has 0 radical (unpaired) electrons. The highest BCUT2D eigenvalue weighted by atomic mass is 32.2. The Morgan fingerprint density at radius 2 is 2.09 bits per heavy atom. The van der Waals surface area contributed by atoms with Gasteiger partial charge in [0, 0.05) is 50.4 Å². The van der Waals surface area contributed by atoms with Gasteiger partial charge < -0.3 is 14.0 Å². The molecule has 22 heavy (non-hydrogen) atoms. The minimum absolute atomic E-state index is 0.137. The highest BCUT2D eigenvalue weighted by molar-refractivity contribution is 7.77. The van der Waals surface area contributed by atoms with Crippen molar-refractivity contribution in [2.45, 2.75) is 30.6 Å². The molecule has 2 rings (SSSR count). The van der Waals surface area contributed by atoms with Crippen molar-refractivity contribution in [1.29, 1.82) is 5.26 Å². The van der Waals surface area contributed by atoms with E-state index in [0.29, 0.717) is 18.4 Å². The zero-order chi connectivity index (χ0) is 16.4. The van der Waals surface area contributed by atoms with Crippen molar-refractivity contribution in [3.63, 3.8) is 0 Å². The molecular formula is C14H16FN2O4S-. The number of ether oxygens (including phenoxy) is 2. The number of hydrogen-bond donors (Lipinski definition) is 1. The van der Waals surface area contributed by atoms with Gasteiger partial charge in [-0.05, 0) is 11.6 Å². The lowest BCUT2D eigenvalue weighted by Gasteiger charge is -2.50. The van der Waals surface area contributed by atoms with Gasteiger partial charge in [-0.2, -0.15) is 5.26 Å². The molecule has 8 heteroatoms. The first kappa shape index (κ1) is 17.0. The highest BCUT2D eigenvalue weighted by Crippen LogP contribution is 2.52. The Morgan fingerprint density at radius 1 is 1.45 bits per heavy atom. The monoisotopic (exact) mass is 327 g/mol. The molecule has 6 nitrogen and oxygen atoms in total. The molecule has 0 saturated heterocycles. The summed E-state index contributed by atoms with van der Waals surface area (Å²) in [7, 11) is 3.01. The Labute approximate surface area is 130 Å². The summed E-state index contributed by atoms with van der Waals surface area (Å²) in [6, 6.07) is 6.58. The van der Waals surface area contributed by atoms with Crippen LogP contribution in [0.3, 0.4) is 0 Å². The van der Waals surface area contributed by atoms with E-state index in [0.717, 1.165) is 0 Å². The zero-order valence-electron chi connectivity index (χ0n) is 12.2. The van der Waals surface area contributed by atoms with Gasteiger partial charge in [-0.25, -0.2) is 9.11 Å². The van der Waals surface area contributed by atoms with Crippen LogP contribution in [0, 0.1) is 17.1 Å². The topological polar surface area (TPSA) is 94.4 Å². The summed E-state index contributed by atoms with van der Waals surface area (Å²) in [5.74, 6) is -1.37. The van der Waals surface area contributed by atoms with Gasteiger partial charge in [-0.1, -0.05) is 12.1 Å². The van der Waals surface area contributed by atoms with E-state index in [2.05, 4.69) is 10.8 Å². The predicted molar refractivity (Wildman–Crippen MR) is 75.4 cm³/mol. The van der Waals surface area contributed by atoms with Gasteiger partial charge in [0.05, 0.1) is 11.5 Å². The largest absolute Gasteiger partial charge is 0.760 e. The first-order chi connectivity index (χ1) is 10.4. The molecule has 1 unspecified atom stereocenters. The van der Waals surface area contributed by atoms with Crippen LogP contribution in [-0.2, 0) is 32.7 Å². The summed E-state index contributed by atoms with van der Waals surface area (Å²) in [6.45, 7) is -0.137. The van der Waals surface area contributed by atoms with E-state index in [1.165, 1.54) is 26.4 Å². The molecule has 1 saturated carbocycles. The number of rotatable bonds is 6. The van der Waals surface area contributed by atoms with Gasteiger partial charge in [0.1, 0.15) is 5.82 Å². The Morgan fingerprint density at radius 3 is 2.55 bits per heavy atom. The van der Waals surface area contributed by atoms with Gasteiger partial charge in [0.2, 0.25) is 0 Å². The maximum atomic E-state index is 14.1. The summed E-state index contributed by atoms with van der Waals surface area (Å²) in [5, 5.41) is 9.47. The van der Waals surface area contributed by atoms with Crippen LogP contribution in [0.25, 0.3) is 0 Å². The predicted octanol–water partition coefficient (Wildman–Crippen LogP) is 1.25. The van der Waals surface area contributed by atoms with Gasteiger partial charge >= 0.3 is 0 Å². The lowest BCUT2D eigenvalue weighted by Crippen LogP contribution is -2.56. The van der Waals surface area contributed by atoms with E-state index in [4.69, 9.17) is 9.47 Å². The van der Waals surface area contributed by atoms with E-state index in [1.807, 2.05) is 0 Å². The molecule has 0 spiro atoms. The van der Waals surface area contributed by atoms with E-state index in [9.17, 15) is 18.4 Å². The summed E-state index contributed by atoms with van der Waals surface area (Å²) in [4.78, 5) is 0. The Bertz CT molecular complexity index is 620. The van der Waals surface area contributed by atoms with Gasteiger partial charge in [0.15, 0.2) is 5.79 Å². The summed E-state index contributed by atoms with van der Waals surface area (Å²) in [6.07, 6.45) is 0.621. The number of halogens is 1. The molecule has 1 aliphatic rings. The summed E-state index contributed by atoms with van der Waals surface area (Å²) < 4.78 is 47.6. The van der Waals surface area contributed by atoms with E-state index >= 15 is 0 Å². The Kier molecular flexibility index (Phi) is 4.94. The molecule has 1 aliphatic carbocycles. The van der Waals surface area contributed by atoms with Crippen molar-refractivity contribution in [1.82, 2.24) is 4.72 Å². The van der Waals surface area contributed by atoms with Crippen LogP contribution in [0.2, 0.25) is 0 Å². The second kappa shape index (κ2) is 6.40. The number of benzene rings is 1. The SMILES string of the molecule is COC1(OC)CC(C#N)(c2ccc(CNS(=O)[O-])c(F)c2)C1. The molecule has 1 N–H and O–H groups in total. The molecular weight excluding hydrogens is 311 g/mol. The third kappa shape index (κ3) is 3.04. The van der Waals surface area contributed by atoms with Crippen LogP contribution in [-0.4, -0.2) is 28.8 Å². The lowest BCUT2D eigenvalue weighted by molar-refractivity contribution is -0.269. The number of nitriles is 1. The second-order valence-electron chi connectivity index (χ2n) is 5.23. The van der Waals surface area contributed by atoms with Crippen molar-refractivity contribution >= 4 is 11.3 Å². The number of hydrogen-bond acceptors (Lipinski definition) is 5. The van der Waals surface area contributed by atoms with Gasteiger partial charge in [0.25, 0.3) is 0 Å². The summed E-state index contributed by atoms with van der Waals surface area (Å²) >= 11 is -2.45. The minimum atomic E-state index is -2.45. The van der Waals surface area contributed by atoms with Gasteiger partial charge in [-0.3, -0.25) is 4.21 Å². The first-order valence-corrected chi connectivity index (χ1v) is 7.61. The van der Waals surface area contributed by atoms with Crippen molar-refractivity contribution in [3.8, 4) is 6.07 Å². The van der Waals surface area contributed by atoms with Crippen LogP contribution in [0.5, 0.6) is 0 Å². The smallest absolute Gasteiger partial charge is 0.171 e. The minimum Gasteiger partial charge on any atom is -0.760 e. The molecule has 0 heterocycles. The highest BCUT2D eigenvalue weighted by Gasteiger charge is 2.57. The van der Waals surface area contributed by atoms with Crippen molar-refractivity contribution in [2.75, 3.05) is 14.2 Å². The normalized spacial score (nSPS) is 20.0. The van der Waals surface area contributed by atoms with Crippen LogP contribution in [0.4, 0.5) is 4.39 Å².